The lowest BCUT2D eigenvalue weighted by Gasteiger charge is -2.18. The number of rotatable bonds is 7. The lowest BCUT2D eigenvalue weighted by Crippen LogP contribution is -2.35. The number of carbonyl (C=O) groups excluding carboxylic acids is 1. The summed E-state index contributed by atoms with van der Waals surface area (Å²) in [7, 11) is 0. The third-order valence-electron chi connectivity index (χ3n) is 4.54. The van der Waals surface area contributed by atoms with Crippen molar-refractivity contribution < 1.29 is 4.79 Å². The second-order valence-electron chi connectivity index (χ2n) is 6.47. The maximum Gasteiger partial charge on any atom is 0.279 e. The largest absolute Gasteiger partial charge is 0.374 e. The molecule has 0 unspecified atom stereocenters. The van der Waals surface area contributed by atoms with E-state index in [0.29, 0.717) is 12.3 Å². The standard InChI is InChI=1S/C21H24N4OS/c1-2-3-4-10-15-24-18-14-9-8-13-17(18)19(20(24)26)23-25(21(22)27)16-11-6-5-7-12-16/h5-9,11-14H,2-4,10,15H2,1H3,(H2,22,27). The van der Waals surface area contributed by atoms with Gasteiger partial charge in [0.05, 0.1) is 11.4 Å². The fourth-order valence-corrected chi connectivity index (χ4v) is 3.33. The van der Waals surface area contributed by atoms with Crippen molar-refractivity contribution in [1.82, 2.24) is 0 Å². The summed E-state index contributed by atoms with van der Waals surface area (Å²) in [5.41, 5.74) is 8.70. The molecule has 2 aromatic rings. The van der Waals surface area contributed by atoms with Crippen LogP contribution in [0.4, 0.5) is 11.4 Å². The molecule has 0 saturated heterocycles. The first-order chi connectivity index (χ1) is 13.1. The van der Waals surface area contributed by atoms with Crippen LogP contribution < -0.4 is 15.6 Å². The minimum absolute atomic E-state index is 0.0976. The molecule has 0 fully saturated rings. The van der Waals surface area contributed by atoms with Crippen LogP contribution in [0.2, 0.25) is 0 Å². The van der Waals surface area contributed by atoms with Crippen molar-refractivity contribution in [1.29, 1.82) is 0 Å². The van der Waals surface area contributed by atoms with E-state index in [9.17, 15) is 4.79 Å². The number of hydrazone groups is 1. The molecule has 5 nitrogen and oxygen atoms in total. The van der Waals surface area contributed by atoms with Crippen LogP contribution in [0.25, 0.3) is 0 Å². The van der Waals surface area contributed by atoms with E-state index in [1.807, 2.05) is 59.5 Å². The predicted molar refractivity (Wildman–Crippen MR) is 115 cm³/mol. The molecule has 140 valence electrons. The van der Waals surface area contributed by atoms with Crippen molar-refractivity contribution >= 4 is 40.3 Å². The number of unbranched alkanes of at least 4 members (excludes halogenated alkanes) is 3. The molecule has 27 heavy (non-hydrogen) atoms. The van der Waals surface area contributed by atoms with Crippen LogP contribution in [0.15, 0.2) is 59.7 Å². The monoisotopic (exact) mass is 380 g/mol. The van der Waals surface area contributed by atoms with Crippen LogP contribution in [-0.2, 0) is 4.79 Å². The molecule has 0 saturated carbocycles. The van der Waals surface area contributed by atoms with E-state index in [4.69, 9.17) is 18.0 Å². The third-order valence-corrected chi connectivity index (χ3v) is 4.72. The van der Waals surface area contributed by atoms with Crippen molar-refractivity contribution in [3.63, 3.8) is 0 Å². The minimum atomic E-state index is -0.107. The molecule has 0 spiro atoms. The molecule has 0 aromatic heterocycles. The van der Waals surface area contributed by atoms with Crippen molar-refractivity contribution in [2.45, 2.75) is 32.6 Å². The number of nitrogens with zero attached hydrogens (tertiary/aromatic N) is 3. The Morgan fingerprint density at radius 2 is 1.78 bits per heavy atom. The van der Waals surface area contributed by atoms with E-state index in [1.54, 1.807) is 0 Å². The molecule has 0 bridgehead atoms. The molecule has 2 N–H and O–H groups in total. The topological polar surface area (TPSA) is 61.9 Å². The normalized spacial score (nSPS) is 14.5. The van der Waals surface area contributed by atoms with Gasteiger partial charge in [-0.05, 0) is 36.8 Å². The zero-order valence-corrected chi connectivity index (χ0v) is 16.3. The number of carbonyl (C=O) groups is 1. The van der Waals surface area contributed by atoms with Gasteiger partial charge in [0, 0.05) is 12.1 Å². The number of para-hydroxylation sites is 2. The highest BCUT2D eigenvalue weighted by Crippen LogP contribution is 2.30. The van der Waals surface area contributed by atoms with Gasteiger partial charge in [0.1, 0.15) is 0 Å². The van der Waals surface area contributed by atoms with Crippen LogP contribution >= 0.6 is 12.2 Å². The van der Waals surface area contributed by atoms with Gasteiger partial charge in [-0.25, -0.2) is 5.01 Å². The third kappa shape index (κ3) is 4.17. The van der Waals surface area contributed by atoms with Gasteiger partial charge in [0.2, 0.25) is 0 Å². The Hall–Kier alpha value is -2.73. The molecule has 1 amide bonds. The van der Waals surface area contributed by atoms with Crippen LogP contribution in [0, 0.1) is 0 Å². The molecule has 6 heteroatoms. The number of anilines is 2. The van der Waals surface area contributed by atoms with Crippen LogP contribution in [0.3, 0.4) is 0 Å². The maximum atomic E-state index is 13.1. The highest BCUT2D eigenvalue weighted by Gasteiger charge is 2.34. The van der Waals surface area contributed by atoms with Crippen molar-refractivity contribution in [2.75, 3.05) is 16.5 Å². The van der Waals surface area contributed by atoms with E-state index < -0.39 is 0 Å². The number of thiocarbonyl (C=S) groups is 1. The number of amides is 1. The zero-order chi connectivity index (χ0) is 19.2. The first-order valence-corrected chi connectivity index (χ1v) is 9.68. The SMILES string of the molecule is CCCCCCN1C(=O)C(=NN(C(N)=S)c2ccccc2)c2ccccc21. The van der Waals surface area contributed by atoms with Crippen LogP contribution in [0.1, 0.15) is 38.2 Å². The zero-order valence-electron chi connectivity index (χ0n) is 15.5. The van der Waals surface area contributed by atoms with E-state index >= 15 is 0 Å². The predicted octanol–water partition coefficient (Wildman–Crippen LogP) is 4.07. The average Bonchev–Trinajstić information content (AvgIpc) is 2.95. The summed E-state index contributed by atoms with van der Waals surface area (Å²) < 4.78 is 0. The van der Waals surface area contributed by atoms with Crippen molar-refractivity contribution in [2.24, 2.45) is 10.8 Å². The Balaban J connectivity index is 1.93. The second-order valence-corrected chi connectivity index (χ2v) is 6.89. The van der Waals surface area contributed by atoms with Gasteiger partial charge in [-0.15, -0.1) is 0 Å². The van der Waals surface area contributed by atoms with E-state index in [1.165, 1.54) is 11.4 Å². The molecule has 3 rings (SSSR count). The fraction of sp³-hybridized carbons (Fsp3) is 0.286. The number of nitrogens with two attached hydrogens (primary N) is 1. The lowest BCUT2D eigenvalue weighted by molar-refractivity contribution is -0.112. The van der Waals surface area contributed by atoms with Gasteiger partial charge >= 0.3 is 0 Å². The summed E-state index contributed by atoms with van der Waals surface area (Å²) in [5, 5.41) is 6.10. The molecule has 1 heterocycles. The quantitative estimate of drug-likeness (QED) is 0.447. The molecular formula is C21H24N4OS. The first-order valence-electron chi connectivity index (χ1n) is 9.28. The van der Waals surface area contributed by atoms with Crippen molar-refractivity contribution in [3.05, 3.63) is 60.2 Å². The fourth-order valence-electron chi connectivity index (χ4n) is 3.18. The molecule has 1 aliphatic heterocycles. The molecule has 0 aliphatic carbocycles. The van der Waals surface area contributed by atoms with Crippen LogP contribution in [-0.4, -0.2) is 23.3 Å². The van der Waals surface area contributed by atoms with E-state index in [2.05, 4.69) is 12.0 Å². The van der Waals surface area contributed by atoms with Gasteiger partial charge in [-0.2, -0.15) is 5.10 Å². The average molecular weight is 381 g/mol. The minimum Gasteiger partial charge on any atom is -0.374 e. The summed E-state index contributed by atoms with van der Waals surface area (Å²) >= 11 is 5.17. The van der Waals surface area contributed by atoms with Gasteiger partial charge in [-0.3, -0.25) is 4.79 Å². The van der Waals surface area contributed by atoms with Crippen LogP contribution in [0.5, 0.6) is 0 Å². The Bertz CT molecular complexity index is 850. The Morgan fingerprint density at radius 3 is 2.48 bits per heavy atom. The molecule has 0 atom stereocenters. The number of hydrogen-bond donors (Lipinski definition) is 1. The molecular weight excluding hydrogens is 356 g/mol. The number of benzene rings is 2. The first kappa shape index (κ1) is 19.0. The highest BCUT2D eigenvalue weighted by atomic mass is 32.1. The van der Waals surface area contributed by atoms with E-state index in [0.717, 1.165) is 36.2 Å². The maximum absolute atomic E-state index is 13.1. The number of fused-ring (bicyclic) bond motifs is 1. The van der Waals surface area contributed by atoms with E-state index in [-0.39, 0.29) is 11.0 Å². The summed E-state index contributed by atoms with van der Waals surface area (Å²) in [5.74, 6) is -0.107. The summed E-state index contributed by atoms with van der Waals surface area (Å²) in [6, 6.07) is 17.1. The summed E-state index contributed by atoms with van der Waals surface area (Å²) in [6.45, 7) is 2.86. The molecule has 1 aliphatic rings. The highest BCUT2D eigenvalue weighted by molar-refractivity contribution is 7.80. The lowest BCUT2D eigenvalue weighted by atomic mass is 10.1. The Morgan fingerprint density at radius 1 is 1.07 bits per heavy atom. The Labute approximate surface area is 165 Å². The summed E-state index contributed by atoms with van der Waals surface area (Å²) in [6.07, 6.45) is 4.42. The second kappa shape index (κ2) is 8.77. The smallest absolute Gasteiger partial charge is 0.279 e. The van der Waals surface area contributed by atoms with Gasteiger partial charge in [0.25, 0.3) is 5.91 Å². The summed E-state index contributed by atoms with van der Waals surface area (Å²) in [4.78, 5) is 14.9. The van der Waals surface area contributed by atoms with Gasteiger partial charge in [0.15, 0.2) is 10.8 Å². The van der Waals surface area contributed by atoms with Gasteiger partial charge < -0.3 is 10.6 Å². The van der Waals surface area contributed by atoms with Crippen molar-refractivity contribution in [3.8, 4) is 0 Å². The molecule has 2 aromatic carbocycles. The molecule has 0 radical (unpaired) electrons. The van der Waals surface area contributed by atoms with Gasteiger partial charge in [-0.1, -0.05) is 62.6 Å². The Kier molecular flexibility index (Phi) is 6.19. The number of hydrogen-bond acceptors (Lipinski definition) is 3.